The highest BCUT2D eigenvalue weighted by Crippen LogP contribution is 2.19. The molecule has 0 unspecified atom stereocenters. The Morgan fingerprint density at radius 2 is 1.68 bits per heavy atom. The van der Waals surface area contributed by atoms with Gasteiger partial charge in [-0.15, -0.1) is 0 Å². The summed E-state index contributed by atoms with van der Waals surface area (Å²) in [6.07, 6.45) is 3.43. The summed E-state index contributed by atoms with van der Waals surface area (Å²) >= 11 is 0. The average molecular weight is 377 g/mol. The van der Waals surface area contributed by atoms with Crippen LogP contribution in [-0.2, 0) is 6.54 Å². The number of hydrogen-bond acceptors (Lipinski definition) is 3. The molecule has 1 heterocycles. The molecule has 1 atom stereocenters. The second-order valence-corrected chi connectivity index (χ2v) is 6.77. The van der Waals surface area contributed by atoms with Crippen LogP contribution < -0.4 is 5.32 Å². The molecule has 3 aromatic rings. The van der Waals surface area contributed by atoms with Crippen LogP contribution in [0.5, 0.6) is 0 Å². The summed E-state index contributed by atoms with van der Waals surface area (Å²) in [5.41, 5.74) is 2.96. The average Bonchev–Trinajstić information content (AvgIpc) is 3.21. The first kappa shape index (κ1) is 19.8. The molecule has 5 nitrogen and oxygen atoms in total. The van der Waals surface area contributed by atoms with Crippen LogP contribution in [0.2, 0.25) is 0 Å². The maximum absolute atomic E-state index is 12.7. The van der Waals surface area contributed by atoms with Gasteiger partial charge in [-0.25, -0.2) is 0 Å². The monoisotopic (exact) mass is 376 g/mol. The molecule has 146 valence electrons. The third-order valence-corrected chi connectivity index (χ3v) is 4.98. The van der Waals surface area contributed by atoms with Crippen molar-refractivity contribution in [1.82, 2.24) is 20.0 Å². The summed E-state index contributed by atoms with van der Waals surface area (Å²) in [6, 6.07) is 20.6. The van der Waals surface area contributed by atoms with Gasteiger partial charge in [-0.3, -0.25) is 14.4 Å². The standard InChI is InChI=1S/C23H28N4O/c1-3-26(4-2)22(20-13-9-6-10-14-20)16-24-23(28)21-15-25-27(18-21)17-19-11-7-5-8-12-19/h5-15,18,22H,3-4,16-17H2,1-2H3,(H,24,28)/t22-/m0/s1. The second-order valence-electron chi connectivity index (χ2n) is 6.77. The SMILES string of the molecule is CCN(CC)[C@@H](CNC(=O)c1cnn(Cc2ccccc2)c1)c1ccccc1. The summed E-state index contributed by atoms with van der Waals surface area (Å²) in [4.78, 5) is 15.0. The Hall–Kier alpha value is -2.92. The molecular formula is C23H28N4O. The van der Waals surface area contributed by atoms with Gasteiger partial charge in [0.15, 0.2) is 0 Å². The zero-order chi connectivity index (χ0) is 19.8. The topological polar surface area (TPSA) is 50.2 Å². The van der Waals surface area contributed by atoms with Crippen LogP contribution in [0.15, 0.2) is 73.1 Å². The van der Waals surface area contributed by atoms with E-state index in [1.807, 2.05) is 36.4 Å². The van der Waals surface area contributed by atoms with E-state index in [0.29, 0.717) is 18.7 Å². The first-order valence-electron chi connectivity index (χ1n) is 9.84. The first-order chi connectivity index (χ1) is 13.7. The molecule has 1 amide bonds. The molecule has 0 saturated heterocycles. The predicted octanol–water partition coefficient (Wildman–Crippen LogP) is 3.74. The molecule has 0 aliphatic carbocycles. The fourth-order valence-corrected chi connectivity index (χ4v) is 3.43. The van der Waals surface area contributed by atoms with E-state index in [1.165, 1.54) is 5.56 Å². The molecule has 1 aromatic heterocycles. The summed E-state index contributed by atoms with van der Waals surface area (Å²) in [5, 5.41) is 7.42. The van der Waals surface area contributed by atoms with Crippen molar-refractivity contribution < 1.29 is 4.79 Å². The molecule has 0 bridgehead atoms. The fourth-order valence-electron chi connectivity index (χ4n) is 3.43. The Balaban J connectivity index is 1.64. The van der Waals surface area contributed by atoms with E-state index in [-0.39, 0.29) is 11.9 Å². The zero-order valence-electron chi connectivity index (χ0n) is 16.6. The van der Waals surface area contributed by atoms with Gasteiger partial charge in [-0.05, 0) is 24.2 Å². The Morgan fingerprint density at radius 1 is 1.04 bits per heavy atom. The van der Waals surface area contributed by atoms with Gasteiger partial charge in [-0.1, -0.05) is 74.5 Å². The highest BCUT2D eigenvalue weighted by molar-refractivity contribution is 5.93. The summed E-state index contributed by atoms with van der Waals surface area (Å²) in [7, 11) is 0. The fraction of sp³-hybridized carbons (Fsp3) is 0.304. The molecule has 0 spiro atoms. The van der Waals surface area contributed by atoms with Crippen LogP contribution in [0.3, 0.4) is 0 Å². The lowest BCUT2D eigenvalue weighted by Crippen LogP contribution is -2.38. The van der Waals surface area contributed by atoms with E-state index in [1.54, 1.807) is 17.1 Å². The molecular weight excluding hydrogens is 348 g/mol. The van der Waals surface area contributed by atoms with Gasteiger partial charge in [0, 0.05) is 12.7 Å². The quantitative estimate of drug-likeness (QED) is 0.619. The molecule has 0 aliphatic heterocycles. The van der Waals surface area contributed by atoms with Crippen molar-refractivity contribution >= 4 is 5.91 Å². The molecule has 3 rings (SSSR count). The molecule has 2 aromatic carbocycles. The van der Waals surface area contributed by atoms with E-state index >= 15 is 0 Å². The number of carbonyl (C=O) groups is 1. The van der Waals surface area contributed by atoms with Crippen molar-refractivity contribution in [3.63, 3.8) is 0 Å². The molecule has 5 heteroatoms. The maximum Gasteiger partial charge on any atom is 0.254 e. The van der Waals surface area contributed by atoms with Crippen molar-refractivity contribution in [3.05, 3.63) is 89.7 Å². The van der Waals surface area contributed by atoms with Gasteiger partial charge >= 0.3 is 0 Å². The lowest BCUT2D eigenvalue weighted by atomic mass is 10.0. The Labute approximate surface area is 167 Å². The minimum Gasteiger partial charge on any atom is -0.350 e. The van der Waals surface area contributed by atoms with Gasteiger partial charge in [0.2, 0.25) is 0 Å². The minimum absolute atomic E-state index is 0.0904. The maximum atomic E-state index is 12.7. The molecule has 0 radical (unpaired) electrons. The summed E-state index contributed by atoms with van der Waals surface area (Å²) in [6.45, 7) is 7.38. The van der Waals surface area contributed by atoms with Gasteiger partial charge in [-0.2, -0.15) is 5.10 Å². The Kier molecular flexibility index (Phi) is 6.98. The predicted molar refractivity (Wildman–Crippen MR) is 112 cm³/mol. The number of aromatic nitrogens is 2. The number of rotatable bonds is 9. The lowest BCUT2D eigenvalue weighted by Gasteiger charge is -2.30. The summed E-state index contributed by atoms with van der Waals surface area (Å²) < 4.78 is 1.79. The molecule has 0 saturated carbocycles. The van der Waals surface area contributed by atoms with Crippen LogP contribution in [0.4, 0.5) is 0 Å². The summed E-state index contributed by atoms with van der Waals surface area (Å²) in [5.74, 6) is -0.0904. The van der Waals surface area contributed by atoms with Crippen LogP contribution >= 0.6 is 0 Å². The third-order valence-electron chi connectivity index (χ3n) is 4.98. The van der Waals surface area contributed by atoms with Gasteiger partial charge in [0.25, 0.3) is 5.91 Å². The third kappa shape index (κ3) is 5.08. The van der Waals surface area contributed by atoms with Crippen molar-refractivity contribution in [2.75, 3.05) is 19.6 Å². The first-order valence-corrected chi connectivity index (χ1v) is 9.84. The zero-order valence-corrected chi connectivity index (χ0v) is 16.6. The highest BCUT2D eigenvalue weighted by Gasteiger charge is 2.19. The van der Waals surface area contributed by atoms with Gasteiger partial charge in [0.1, 0.15) is 0 Å². The van der Waals surface area contributed by atoms with Crippen LogP contribution in [0, 0.1) is 0 Å². The minimum atomic E-state index is -0.0904. The molecule has 28 heavy (non-hydrogen) atoms. The van der Waals surface area contributed by atoms with E-state index < -0.39 is 0 Å². The molecule has 1 N–H and O–H groups in total. The smallest absolute Gasteiger partial charge is 0.254 e. The number of amides is 1. The van der Waals surface area contributed by atoms with E-state index in [4.69, 9.17) is 0 Å². The lowest BCUT2D eigenvalue weighted by molar-refractivity contribution is 0.0935. The van der Waals surface area contributed by atoms with Crippen molar-refractivity contribution in [2.24, 2.45) is 0 Å². The number of nitrogens with zero attached hydrogens (tertiary/aromatic N) is 3. The highest BCUT2D eigenvalue weighted by atomic mass is 16.1. The van der Waals surface area contributed by atoms with Crippen LogP contribution in [0.1, 0.15) is 41.4 Å². The normalized spacial score (nSPS) is 12.1. The Bertz CT molecular complexity index is 857. The van der Waals surface area contributed by atoms with Crippen molar-refractivity contribution in [1.29, 1.82) is 0 Å². The largest absolute Gasteiger partial charge is 0.350 e. The van der Waals surface area contributed by atoms with E-state index in [0.717, 1.165) is 18.7 Å². The van der Waals surface area contributed by atoms with Crippen molar-refractivity contribution in [3.8, 4) is 0 Å². The number of hydrogen-bond donors (Lipinski definition) is 1. The Morgan fingerprint density at radius 3 is 2.32 bits per heavy atom. The van der Waals surface area contributed by atoms with Gasteiger partial charge < -0.3 is 5.32 Å². The molecule has 0 fully saturated rings. The van der Waals surface area contributed by atoms with Crippen molar-refractivity contribution in [2.45, 2.75) is 26.4 Å². The number of likely N-dealkylation sites (N-methyl/N-ethyl adjacent to an activating group) is 1. The molecule has 0 aliphatic rings. The number of nitrogens with one attached hydrogen (secondary N) is 1. The van der Waals surface area contributed by atoms with Crippen LogP contribution in [0.25, 0.3) is 0 Å². The second kappa shape index (κ2) is 9.85. The van der Waals surface area contributed by atoms with E-state index in [2.05, 4.69) is 53.4 Å². The van der Waals surface area contributed by atoms with Gasteiger partial charge in [0.05, 0.1) is 24.3 Å². The van der Waals surface area contributed by atoms with Crippen LogP contribution in [-0.4, -0.2) is 40.2 Å². The number of carbonyl (C=O) groups excluding carboxylic acids is 1. The number of benzene rings is 2. The van der Waals surface area contributed by atoms with E-state index in [9.17, 15) is 4.79 Å².